The Labute approximate surface area is 149 Å². The molecule has 0 saturated carbocycles. The highest BCUT2D eigenvalue weighted by Gasteiger charge is 2.24. The summed E-state index contributed by atoms with van der Waals surface area (Å²) in [4.78, 5) is 14.2. The SMILES string of the molecule is CCOP(=O)(Cc1ccc(C(=O)N(C)c2ccccc2)cc1)OCC. The molecule has 0 fully saturated rings. The molecule has 0 heterocycles. The number of anilines is 1. The van der Waals surface area contributed by atoms with E-state index in [2.05, 4.69) is 0 Å². The van der Waals surface area contributed by atoms with Crippen molar-refractivity contribution >= 4 is 19.2 Å². The van der Waals surface area contributed by atoms with Gasteiger partial charge in [0.25, 0.3) is 5.91 Å². The molecule has 2 aromatic carbocycles. The Bertz CT molecular complexity index is 721. The van der Waals surface area contributed by atoms with E-state index in [1.807, 2.05) is 30.3 Å². The first-order valence-corrected chi connectivity index (χ1v) is 10.0. The number of para-hydroxylation sites is 1. The van der Waals surface area contributed by atoms with Gasteiger partial charge < -0.3 is 13.9 Å². The normalized spacial score (nSPS) is 11.3. The van der Waals surface area contributed by atoms with Crippen LogP contribution in [0.5, 0.6) is 0 Å². The zero-order valence-electron chi connectivity index (χ0n) is 14.8. The summed E-state index contributed by atoms with van der Waals surface area (Å²) in [6, 6.07) is 16.5. The maximum absolute atomic E-state index is 12.6. The minimum absolute atomic E-state index is 0.101. The number of amides is 1. The van der Waals surface area contributed by atoms with Crippen LogP contribution in [-0.2, 0) is 19.8 Å². The Hall–Kier alpha value is -1.94. The van der Waals surface area contributed by atoms with E-state index in [9.17, 15) is 9.36 Å². The molecule has 134 valence electrons. The lowest BCUT2D eigenvalue weighted by molar-refractivity contribution is 0.0993. The monoisotopic (exact) mass is 361 g/mol. The predicted octanol–water partition coefficient (Wildman–Crippen LogP) is 4.73. The number of nitrogens with zero attached hydrogens (tertiary/aromatic N) is 1. The largest absolute Gasteiger partial charge is 0.335 e. The Morgan fingerprint density at radius 2 is 1.52 bits per heavy atom. The summed E-state index contributed by atoms with van der Waals surface area (Å²) in [5.41, 5.74) is 2.20. The molecule has 0 aliphatic heterocycles. The summed E-state index contributed by atoms with van der Waals surface area (Å²) < 4.78 is 23.2. The van der Waals surface area contributed by atoms with Crippen LogP contribution in [0.15, 0.2) is 54.6 Å². The van der Waals surface area contributed by atoms with Gasteiger partial charge >= 0.3 is 7.60 Å². The average molecular weight is 361 g/mol. The lowest BCUT2D eigenvalue weighted by atomic mass is 10.1. The molecular weight excluding hydrogens is 337 g/mol. The number of benzene rings is 2. The van der Waals surface area contributed by atoms with E-state index in [0.717, 1.165) is 11.3 Å². The molecule has 0 unspecified atom stereocenters. The number of hydrogen-bond donors (Lipinski definition) is 0. The van der Waals surface area contributed by atoms with Gasteiger partial charge in [-0.2, -0.15) is 0 Å². The van der Waals surface area contributed by atoms with Gasteiger partial charge in [0.1, 0.15) is 0 Å². The van der Waals surface area contributed by atoms with Crippen molar-refractivity contribution in [1.82, 2.24) is 0 Å². The molecule has 5 nitrogen and oxygen atoms in total. The van der Waals surface area contributed by atoms with E-state index < -0.39 is 7.60 Å². The standard InChI is InChI=1S/C19H24NO4P/c1-4-23-25(22,24-5-2)15-16-11-13-17(14-12-16)19(21)20(3)18-9-7-6-8-10-18/h6-14H,4-5,15H2,1-3H3. The Kier molecular flexibility index (Phi) is 6.94. The molecule has 0 bridgehead atoms. The lowest BCUT2D eigenvalue weighted by Crippen LogP contribution is -2.26. The molecule has 6 heteroatoms. The molecular formula is C19H24NO4P. The van der Waals surface area contributed by atoms with Gasteiger partial charge in [0.15, 0.2) is 0 Å². The van der Waals surface area contributed by atoms with Crippen LogP contribution >= 0.6 is 7.60 Å². The minimum atomic E-state index is -3.14. The molecule has 0 aromatic heterocycles. The number of rotatable bonds is 8. The first-order chi connectivity index (χ1) is 12.0. The van der Waals surface area contributed by atoms with Crippen molar-refractivity contribution in [2.24, 2.45) is 0 Å². The molecule has 1 amide bonds. The number of carbonyl (C=O) groups is 1. The second-order valence-electron chi connectivity index (χ2n) is 5.50. The molecule has 0 aliphatic rings. The number of carbonyl (C=O) groups excluding carboxylic acids is 1. The van der Waals surface area contributed by atoms with Gasteiger partial charge in [-0.1, -0.05) is 30.3 Å². The van der Waals surface area contributed by atoms with E-state index in [0.29, 0.717) is 18.8 Å². The van der Waals surface area contributed by atoms with Crippen LogP contribution in [-0.4, -0.2) is 26.2 Å². The maximum Gasteiger partial charge on any atom is 0.335 e. The van der Waals surface area contributed by atoms with E-state index in [4.69, 9.17) is 9.05 Å². The fourth-order valence-electron chi connectivity index (χ4n) is 2.46. The van der Waals surface area contributed by atoms with Crippen LogP contribution in [0.2, 0.25) is 0 Å². The molecule has 25 heavy (non-hydrogen) atoms. The van der Waals surface area contributed by atoms with E-state index in [1.165, 1.54) is 0 Å². The van der Waals surface area contributed by atoms with Crippen molar-refractivity contribution in [2.75, 3.05) is 25.2 Å². The maximum atomic E-state index is 12.6. The second kappa shape index (κ2) is 8.95. The van der Waals surface area contributed by atoms with Gasteiger partial charge in [-0.05, 0) is 43.7 Å². The fraction of sp³-hybridized carbons (Fsp3) is 0.316. The van der Waals surface area contributed by atoms with Crippen molar-refractivity contribution in [3.63, 3.8) is 0 Å². The molecule has 0 radical (unpaired) electrons. The summed E-state index contributed by atoms with van der Waals surface area (Å²) in [7, 11) is -1.40. The van der Waals surface area contributed by atoms with Crippen molar-refractivity contribution in [3.05, 3.63) is 65.7 Å². The summed E-state index contributed by atoms with van der Waals surface area (Å²) in [5.74, 6) is -0.101. The third-order valence-electron chi connectivity index (χ3n) is 3.68. The summed E-state index contributed by atoms with van der Waals surface area (Å²) in [5, 5.41) is 0. The van der Waals surface area contributed by atoms with Gasteiger partial charge in [-0.25, -0.2) is 0 Å². The summed E-state index contributed by atoms with van der Waals surface area (Å²) in [6.07, 6.45) is 0.192. The van der Waals surface area contributed by atoms with Crippen molar-refractivity contribution in [3.8, 4) is 0 Å². The van der Waals surface area contributed by atoms with Crippen LogP contribution in [0.25, 0.3) is 0 Å². The van der Waals surface area contributed by atoms with Crippen LogP contribution in [0.4, 0.5) is 5.69 Å². The highest BCUT2D eigenvalue weighted by Crippen LogP contribution is 2.51. The molecule has 0 saturated heterocycles. The topological polar surface area (TPSA) is 55.8 Å². The van der Waals surface area contributed by atoms with Crippen LogP contribution in [0.3, 0.4) is 0 Å². The smallest absolute Gasteiger partial charge is 0.311 e. The second-order valence-corrected chi connectivity index (χ2v) is 7.56. The molecule has 2 aromatic rings. The molecule has 0 atom stereocenters. The fourth-order valence-corrected chi connectivity index (χ4v) is 4.16. The van der Waals surface area contributed by atoms with Crippen LogP contribution < -0.4 is 4.90 Å². The first kappa shape index (κ1) is 19.4. The van der Waals surface area contributed by atoms with Gasteiger partial charge in [0.2, 0.25) is 0 Å². The lowest BCUT2D eigenvalue weighted by Gasteiger charge is -2.18. The Morgan fingerprint density at radius 1 is 0.960 bits per heavy atom. The third-order valence-corrected chi connectivity index (χ3v) is 5.73. The molecule has 0 N–H and O–H groups in total. The Morgan fingerprint density at radius 3 is 2.04 bits per heavy atom. The third kappa shape index (κ3) is 5.27. The van der Waals surface area contributed by atoms with Crippen molar-refractivity contribution < 1.29 is 18.4 Å². The molecule has 2 rings (SSSR count). The van der Waals surface area contributed by atoms with E-state index >= 15 is 0 Å². The predicted molar refractivity (Wildman–Crippen MR) is 100 cm³/mol. The highest BCUT2D eigenvalue weighted by atomic mass is 31.2. The van der Waals surface area contributed by atoms with E-state index in [-0.39, 0.29) is 12.1 Å². The minimum Gasteiger partial charge on any atom is -0.311 e. The van der Waals surface area contributed by atoms with Gasteiger partial charge in [-0.3, -0.25) is 9.36 Å². The van der Waals surface area contributed by atoms with Crippen LogP contribution in [0, 0.1) is 0 Å². The van der Waals surface area contributed by atoms with Crippen molar-refractivity contribution in [2.45, 2.75) is 20.0 Å². The van der Waals surface area contributed by atoms with Crippen LogP contribution in [0.1, 0.15) is 29.8 Å². The first-order valence-electron chi connectivity index (χ1n) is 8.29. The Balaban J connectivity index is 2.11. The molecule has 0 spiro atoms. The van der Waals surface area contributed by atoms with Gasteiger partial charge in [-0.15, -0.1) is 0 Å². The highest BCUT2D eigenvalue weighted by molar-refractivity contribution is 7.53. The quantitative estimate of drug-likeness (QED) is 0.638. The summed E-state index contributed by atoms with van der Waals surface area (Å²) in [6.45, 7) is 4.23. The number of hydrogen-bond acceptors (Lipinski definition) is 4. The molecule has 0 aliphatic carbocycles. The van der Waals surface area contributed by atoms with E-state index in [1.54, 1.807) is 50.1 Å². The summed E-state index contributed by atoms with van der Waals surface area (Å²) >= 11 is 0. The van der Waals surface area contributed by atoms with Gasteiger partial charge in [0.05, 0.1) is 19.4 Å². The van der Waals surface area contributed by atoms with Gasteiger partial charge in [0, 0.05) is 18.3 Å². The zero-order valence-corrected chi connectivity index (χ0v) is 15.7. The zero-order chi connectivity index (χ0) is 18.3. The van der Waals surface area contributed by atoms with Crippen molar-refractivity contribution in [1.29, 1.82) is 0 Å². The average Bonchev–Trinajstić information content (AvgIpc) is 2.62.